The van der Waals surface area contributed by atoms with Gasteiger partial charge in [-0.3, -0.25) is 4.79 Å². The second-order valence-electron chi connectivity index (χ2n) is 4.15. The smallest absolute Gasteiger partial charge is 0.196 e. The zero-order valence-corrected chi connectivity index (χ0v) is 10.4. The highest BCUT2D eigenvalue weighted by Gasteiger charge is 2.14. The molecule has 0 N–H and O–H groups in total. The van der Waals surface area contributed by atoms with Crippen LogP contribution < -0.4 is 4.74 Å². The minimum Gasteiger partial charge on any atom is -0.497 e. The van der Waals surface area contributed by atoms with Crippen LogP contribution in [0, 0.1) is 0 Å². The van der Waals surface area contributed by atoms with Crippen LogP contribution in [-0.4, -0.2) is 22.5 Å². The number of rotatable bonds is 3. The molecular weight excluding hydrogens is 240 g/mol. The van der Waals surface area contributed by atoms with Crippen molar-refractivity contribution in [2.24, 2.45) is 0 Å². The molecule has 1 aromatic carbocycles. The molecule has 94 valence electrons. The monoisotopic (exact) mass is 252 g/mol. The van der Waals surface area contributed by atoms with Crippen molar-refractivity contribution in [1.82, 2.24) is 9.61 Å². The van der Waals surface area contributed by atoms with E-state index >= 15 is 0 Å². The van der Waals surface area contributed by atoms with Crippen molar-refractivity contribution in [3.63, 3.8) is 0 Å². The highest BCUT2D eigenvalue weighted by Crippen LogP contribution is 2.19. The van der Waals surface area contributed by atoms with E-state index in [2.05, 4.69) is 5.10 Å². The van der Waals surface area contributed by atoms with Gasteiger partial charge in [0.25, 0.3) is 0 Å². The molecule has 3 rings (SSSR count). The van der Waals surface area contributed by atoms with Crippen molar-refractivity contribution in [1.29, 1.82) is 0 Å². The Morgan fingerprint density at radius 3 is 2.95 bits per heavy atom. The molecule has 0 bridgehead atoms. The Labute approximate surface area is 110 Å². The molecule has 0 radical (unpaired) electrons. The third kappa shape index (κ3) is 1.97. The summed E-state index contributed by atoms with van der Waals surface area (Å²) in [6.07, 6.45) is 3.41. The van der Waals surface area contributed by atoms with Crippen LogP contribution in [0.2, 0.25) is 0 Å². The second kappa shape index (κ2) is 4.57. The summed E-state index contributed by atoms with van der Waals surface area (Å²) in [6, 6.07) is 12.8. The van der Waals surface area contributed by atoms with Gasteiger partial charge in [0.05, 0.1) is 24.4 Å². The fourth-order valence-electron chi connectivity index (χ4n) is 2.03. The number of fused-ring (bicyclic) bond motifs is 1. The predicted molar refractivity (Wildman–Crippen MR) is 71.6 cm³/mol. The second-order valence-corrected chi connectivity index (χ2v) is 4.15. The molecule has 0 atom stereocenters. The van der Waals surface area contributed by atoms with E-state index in [1.54, 1.807) is 36.0 Å². The number of hydrogen-bond acceptors (Lipinski definition) is 3. The van der Waals surface area contributed by atoms with Crippen molar-refractivity contribution in [3.8, 4) is 5.75 Å². The molecule has 0 saturated carbocycles. The number of benzene rings is 1. The normalized spacial score (nSPS) is 10.6. The lowest BCUT2D eigenvalue weighted by Crippen LogP contribution is -2.01. The SMILES string of the molecule is COc1cccc(C(=O)c2cnn3ccccc23)c1. The molecule has 2 aromatic heterocycles. The van der Waals surface area contributed by atoms with Crippen molar-refractivity contribution < 1.29 is 9.53 Å². The third-order valence-electron chi connectivity index (χ3n) is 3.00. The van der Waals surface area contributed by atoms with Gasteiger partial charge in [-0.25, -0.2) is 4.52 Å². The van der Waals surface area contributed by atoms with E-state index in [-0.39, 0.29) is 5.78 Å². The molecule has 0 aliphatic heterocycles. The summed E-state index contributed by atoms with van der Waals surface area (Å²) in [5.74, 6) is 0.613. The molecular formula is C15H12N2O2. The van der Waals surface area contributed by atoms with E-state index in [0.29, 0.717) is 16.9 Å². The lowest BCUT2D eigenvalue weighted by atomic mass is 10.0. The van der Waals surface area contributed by atoms with E-state index in [4.69, 9.17) is 4.74 Å². The molecule has 4 nitrogen and oxygen atoms in total. The number of ketones is 1. The van der Waals surface area contributed by atoms with Gasteiger partial charge in [0.2, 0.25) is 0 Å². The Morgan fingerprint density at radius 2 is 2.11 bits per heavy atom. The first-order chi connectivity index (χ1) is 9.29. The number of methoxy groups -OCH3 is 1. The van der Waals surface area contributed by atoms with Gasteiger partial charge in [-0.05, 0) is 24.3 Å². The molecule has 0 amide bonds. The molecule has 19 heavy (non-hydrogen) atoms. The largest absolute Gasteiger partial charge is 0.497 e. The highest BCUT2D eigenvalue weighted by atomic mass is 16.5. The number of pyridine rings is 1. The van der Waals surface area contributed by atoms with Crippen LogP contribution in [0.25, 0.3) is 5.52 Å². The molecule has 0 aliphatic rings. The van der Waals surface area contributed by atoms with Crippen molar-refractivity contribution in [3.05, 3.63) is 66.0 Å². The zero-order valence-electron chi connectivity index (χ0n) is 10.4. The van der Waals surface area contributed by atoms with Crippen LogP contribution in [0.5, 0.6) is 5.75 Å². The van der Waals surface area contributed by atoms with Gasteiger partial charge in [0.15, 0.2) is 5.78 Å². The lowest BCUT2D eigenvalue weighted by molar-refractivity contribution is 0.104. The zero-order chi connectivity index (χ0) is 13.2. The number of hydrogen-bond donors (Lipinski definition) is 0. The van der Waals surface area contributed by atoms with Gasteiger partial charge < -0.3 is 4.74 Å². The number of nitrogens with zero attached hydrogens (tertiary/aromatic N) is 2. The molecule has 2 heterocycles. The quantitative estimate of drug-likeness (QED) is 0.673. The first-order valence-corrected chi connectivity index (χ1v) is 5.91. The number of carbonyl (C=O) groups excluding carboxylic acids is 1. The third-order valence-corrected chi connectivity index (χ3v) is 3.00. The predicted octanol–water partition coefficient (Wildman–Crippen LogP) is 2.57. The Kier molecular flexibility index (Phi) is 2.76. The Balaban J connectivity index is 2.08. The van der Waals surface area contributed by atoms with Crippen molar-refractivity contribution >= 4 is 11.3 Å². The van der Waals surface area contributed by atoms with Crippen LogP contribution in [0.4, 0.5) is 0 Å². The van der Waals surface area contributed by atoms with E-state index in [9.17, 15) is 4.79 Å². The molecule has 3 aromatic rings. The first-order valence-electron chi connectivity index (χ1n) is 5.91. The average Bonchev–Trinajstić information content (AvgIpc) is 2.90. The van der Waals surface area contributed by atoms with E-state index < -0.39 is 0 Å². The first kappa shape index (κ1) is 11.5. The summed E-state index contributed by atoms with van der Waals surface area (Å²) in [4.78, 5) is 12.5. The summed E-state index contributed by atoms with van der Waals surface area (Å²) in [7, 11) is 1.58. The van der Waals surface area contributed by atoms with Gasteiger partial charge in [0, 0.05) is 11.8 Å². The maximum atomic E-state index is 12.5. The van der Waals surface area contributed by atoms with Crippen molar-refractivity contribution in [2.75, 3.05) is 7.11 Å². The van der Waals surface area contributed by atoms with E-state index in [1.807, 2.05) is 30.5 Å². The van der Waals surface area contributed by atoms with Crippen LogP contribution >= 0.6 is 0 Å². The summed E-state index contributed by atoms with van der Waals surface area (Å²) in [5.41, 5.74) is 1.99. The summed E-state index contributed by atoms with van der Waals surface area (Å²) < 4.78 is 6.82. The molecule has 0 saturated heterocycles. The summed E-state index contributed by atoms with van der Waals surface area (Å²) >= 11 is 0. The fraction of sp³-hybridized carbons (Fsp3) is 0.0667. The summed E-state index contributed by atoms with van der Waals surface area (Å²) in [5, 5.41) is 4.17. The fourth-order valence-corrected chi connectivity index (χ4v) is 2.03. The average molecular weight is 252 g/mol. The molecule has 0 spiro atoms. The highest BCUT2D eigenvalue weighted by molar-refractivity contribution is 6.13. The van der Waals surface area contributed by atoms with Gasteiger partial charge in [-0.1, -0.05) is 18.2 Å². The van der Waals surface area contributed by atoms with E-state index in [0.717, 1.165) is 5.52 Å². The molecule has 0 fully saturated rings. The topological polar surface area (TPSA) is 43.6 Å². The number of aromatic nitrogens is 2. The molecule has 4 heteroatoms. The minimum atomic E-state index is -0.0555. The van der Waals surface area contributed by atoms with Crippen LogP contribution in [-0.2, 0) is 0 Å². The van der Waals surface area contributed by atoms with Crippen LogP contribution in [0.1, 0.15) is 15.9 Å². The Bertz CT molecular complexity index is 746. The van der Waals surface area contributed by atoms with E-state index in [1.165, 1.54) is 0 Å². The van der Waals surface area contributed by atoms with Crippen LogP contribution in [0.15, 0.2) is 54.9 Å². The maximum absolute atomic E-state index is 12.5. The van der Waals surface area contributed by atoms with Crippen molar-refractivity contribution in [2.45, 2.75) is 0 Å². The van der Waals surface area contributed by atoms with Gasteiger partial charge in [-0.15, -0.1) is 0 Å². The van der Waals surface area contributed by atoms with Crippen LogP contribution in [0.3, 0.4) is 0 Å². The lowest BCUT2D eigenvalue weighted by Gasteiger charge is -2.03. The molecule has 0 aliphatic carbocycles. The van der Waals surface area contributed by atoms with Gasteiger partial charge in [0.1, 0.15) is 5.75 Å². The van der Waals surface area contributed by atoms with Gasteiger partial charge in [-0.2, -0.15) is 5.10 Å². The molecule has 0 unspecified atom stereocenters. The summed E-state index contributed by atoms with van der Waals surface area (Å²) in [6.45, 7) is 0. The maximum Gasteiger partial charge on any atom is 0.196 e. The van der Waals surface area contributed by atoms with Gasteiger partial charge >= 0.3 is 0 Å². The minimum absolute atomic E-state index is 0.0555. The number of ether oxygens (including phenoxy) is 1. The standard InChI is InChI=1S/C15H12N2O2/c1-19-12-6-4-5-11(9-12)15(18)13-10-16-17-8-3-2-7-14(13)17/h2-10H,1H3. The number of carbonyl (C=O) groups is 1. The Hall–Kier alpha value is -2.62. The Morgan fingerprint density at radius 1 is 1.21 bits per heavy atom.